The molecule has 4 rings (SSSR count). The van der Waals surface area contributed by atoms with Crippen molar-refractivity contribution in [1.29, 1.82) is 0 Å². The Hall–Kier alpha value is -1.73. The van der Waals surface area contributed by atoms with E-state index in [1.165, 1.54) is 0 Å². The lowest BCUT2D eigenvalue weighted by atomic mass is 10.0. The number of likely N-dealkylation sites (tertiary alicyclic amines) is 1. The van der Waals surface area contributed by atoms with Gasteiger partial charge in [0.2, 0.25) is 0 Å². The van der Waals surface area contributed by atoms with E-state index in [4.69, 9.17) is 0 Å². The van der Waals surface area contributed by atoms with Crippen LogP contribution < -0.4 is 5.32 Å². The zero-order valence-corrected chi connectivity index (χ0v) is 18.7. The molecule has 1 N–H and O–H groups in total. The average molecular weight is 453 g/mol. The van der Waals surface area contributed by atoms with Crippen molar-refractivity contribution in [2.75, 3.05) is 20.1 Å². The monoisotopic (exact) mass is 452 g/mol. The van der Waals surface area contributed by atoms with E-state index >= 15 is 0 Å². The molecule has 0 atom stereocenters. The molecule has 8 heteroatoms. The number of aromatic nitrogens is 2. The van der Waals surface area contributed by atoms with E-state index < -0.39 is 0 Å². The van der Waals surface area contributed by atoms with E-state index in [2.05, 4.69) is 16.5 Å². The van der Waals surface area contributed by atoms with Gasteiger partial charge >= 0.3 is 0 Å². The summed E-state index contributed by atoms with van der Waals surface area (Å²) in [5.74, 6) is 0.952. The number of hydrogen-bond acceptors (Lipinski definition) is 4. The molecule has 1 aliphatic rings. The molecular formula is C21H26Cl2N4OS. The Morgan fingerprint density at radius 3 is 2.52 bits per heavy atom. The summed E-state index contributed by atoms with van der Waals surface area (Å²) in [7, 11) is 1.99. The molecule has 5 nitrogen and oxygen atoms in total. The van der Waals surface area contributed by atoms with Crippen LogP contribution in [0.15, 0.2) is 59.8 Å². The molecule has 3 aromatic rings. The number of piperidine rings is 1. The Morgan fingerprint density at radius 1 is 1.14 bits per heavy atom. The number of nitrogens with zero attached hydrogens (tertiary/aromatic N) is 3. The number of hydrogen-bond donors (Lipinski definition) is 1. The fraction of sp³-hybridized carbons (Fsp3) is 0.333. The van der Waals surface area contributed by atoms with Gasteiger partial charge in [-0.2, -0.15) is 0 Å². The summed E-state index contributed by atoms with van der Waals surface area (Å²) in [6.07, 6.45) is 6.12. The van der Waals surface area contributed by atoms with Gasteiger partial charge in [-0.25, -0.2) is 4.98 Å². The molecule has 156 valence electrons. The predicted octanol–water partition coefficient (Wildman–Crippen LogP) is 4.29. The molecule has 1 aromatic carbocycles. The molecule has 3 heterocycles. The lowest BCUT2D eigenvalue weighted by Gasteiger charge is -2.31. The number of carbonyl (C=O) groups excluding carboxylic acids is 1. The number of carbonyl (C=O) groups is 1. The first-order valence-electron chi connectivity index (χ1n) is 9.35. The predicted molar refractivity (Wildman–Crippen MR) is 124 cm³/mol. The summed E-state index contributed by atoms with van der Waals surface area (Å²) in [4.78, 5) is 20.4. The van der Waals surface area contributed by atoms with E-state index in [0.29, 0.717) is 6.04 Å². The third kappa shape index (κ3) is 5.66. The minimum Gasteiger partial charge on any atom is -0.339 e. The van der Waals surface area contributed by atoms with Gasteiger partial charge in [-0.3, -0.25) is 4.79 Å². The molecule has 1 amide bonds. The van der Waals surface area contributed by atoms with Crippen molar-refractivity contribution >= 4 is 48.1 Å². The number of nitrogens with one attached hydrogen (secondary N) is 1. The van der Waals surface area contributed by atoms with E-state index in [1.54, 1.807) is 11.8 Å². The topological polar surface area (TPSA) is 49.6 Å². The highest BCUT2D eigenvalue weighted by molar-refractivity contribution is 7.98. The van der Waals surface area contributed by atoms with Gasteiger partial charge in [0.15, 0.2) is 0 Å². The van der Waals surface area contributed by atoms with Crippen molar-refractivity contribution in [1.82, 2.24) is 19.6 Å². The minimum absolute atomic E-state index is 0. The van der Waals surface area contributed by atoms with Crippen LogP contribution in [0.4, 0.5) is 0 Å². The fourth-order valence-electron chi connectivity index (χ4n) is 3.46. The van der Waals surface area contributed by atoms with Crippen molar-refractivity contribution in [2.24, 2.45) is 0 Å². The summed E-state index contributed by atoms with van der Waals surface area (Å²) < 4.78 is 2.04. The third-order valence-electron chi connectivity index (χ3n) is 5.09. The van der Waals surface area contributed by atoms with Crippen LogP contribution in [-0.4, -0.2) is 46.4 Å². The second-order valence-corrected chi connectivity index (χ2v) is 7.92. The largest absolute Gasteiger partial charge is 0.339 e. The molecular weight excluding hydrogens is 427 g/mol. The molecule has 1 fully saturated rings. The normalized spacial score (nSPS) is 14.3. The van der Waals surface area contributed by atoms with E-state index in [-0.39, 0.29) is 30.7 Å². The van der Waals surface area contributed by atoms with Crippen molar-refractivity contribution < 1.29 is 4.79 Å². The first-order chi connectivity index (χ1) is 13.2. The quantitative estimate of drug-likeness (QED) is 0.586. The molecule has 0 saturated carbocycles. The number of benzene rings is 1. The lowest BCUT2D eigenvalue weighted by molar-refractivity contribution is 0.0707. The van der Waals surface area contributed by atoms with Crippen molar-refractivity contribution in [2.45, 2.75) is 29.5 Å². The number of thioether (sulfide) groups is 1. The Labute approximate surface area is 188 Å². The van der Waals surface area contributed by atoms with Gasteiger partial charge in [0, 0.05) is 47.7 Å². The van der Waals surface area contributed by atoms with E-state index in [0.717, 1.165) is 53.5 Å². The van der Waals surface area contributed by atoms with Crippen LogP contribution >= 0.6 is 36.6 Å². The first-order valence-corrected chi connectivity index (χ1v) is 10.3. The summed E-state index contributed by atoms with van der Waals surface area (Å²) in [6.45, 7) is 1.66. The zero-order chi connectivity index (χ0) is 18.6. The fourth-order valence-corrected chi connectivity index (χ4v) is 4.24. The van der Waals surface area contributed by atoms with Crippen molar-refractivity contribution in [3.05, 3.63) is 66.1 Å². The average Bonchev–Trinajstić information content (AvgIpc) is 3.15. The molecule has 29 heavy (non-hydrogen) atoms. The Kier molecular flexibility index (Phi) is 8.83. The Morgan fingerprint density at radius 2 is 1.86 bits per heavy atom. The number of imidazole rings is 1. The maximum absolute atomic E-state index is 12.7. The van der Waals surface area contributed by atoms with Crippen LogP contribution in [0.1, 0.15) is 28.9 Å². The summed E-state index contributed by atoms with van der Waals surface area (Å²) in [5, 5.41) is 3.30. The molecule has 0 unspecified atom stereocenters. The highest BCUT2D eigenvalue weighted by atomic mass is 35.5. The Balaban J connectivity index is 0.00000150. The van der Waals surface area contributed by atoms with E-state index in [1.807, 2.05) is 65.0 Å². The smallest absolute Gasteiger partial charge is 0.253 e. The second-order valence-electron chi connectivity index (χ2n) is 6.87. The summed E-state index contributed by atoms with van der Waals surface area (Å²) in [5.41, 5.74) is 2.80. The zero-order valence-electron chi connectivity index (χ0n) is 16.3. The molecule has 0 spiro atoms. The molecule has 2 aromatic heterocycles. The molecule has 0 aliphatic carbocycles. The maximum atomic E-state index is 12.7. The van der Waals surface area contributed by atoms with Crippen LogP contribution in [0, 0.1) is 0 Å². The van der Waals surface area contributed by atoms with Gasteiger partial charge < -0.3 is 14.6 Å². The summed E-state index contributed by atoms with van der Waals surface area (Å²) >= 11 is 1.74. The van der Waals surface area contributed by atoms with Crippen LogP contribution in [0.25, 0.3) is 5.65 Å². The molecule has 1 aliphatic heterocycles. The summed E-state index contributed by atoms with van der Waals surface area (Å²) in [6, 6.07) is 14.5. The minimum atomic E-state index is 0. The number of halogens is 2. The van der Waals surface area contributed by atoms with Crippen LogP contribution in [0.3, 0.4) is 0 Å². The second kappa shape index (κ2) is 10.9. The molecule has 1 saturated heterocycles. The van der Waals surface area contributed by atoms with Gasteiger partial charge in [-0.05, 0) is 56.3 Å². The van der Waals surface area contributed by atoms with Crippen LogP contribution in [0.2, 0.25) is 0 Å². The van der Waals surface area contributed by atoms with Crippen molar-refractivity contribution in [3.63, 3.8) is 0 Å². The van der Waals surface area contributed by atoms with Crippen LogP contribution in [-0.2, 0) is 5.75 Å². The molecule has 0 radical (unpaired) electrons. The van der Waals surface area contributed by atoms with Gasteiger partial charge in [0.25, 0.3) is 5.91 Å². The highest BCUT2D eigenvalue weighted by Gasteiger charge is 2.22. The maximum Gasteiger partial charge on any atom is 0.253 e. The molecule has 0 bridgehead atoms. The standard InChI is InChI=1S/C21H24N4OS.2ClH/c1-22-17-9-12-24(13-10-17)21(26)16-5-7-19(8-6-16)27-15-18-14-25-11-3-2-4-20(25)23-18;;/h2-8,11,14,17,22H,9-10,12-13,15H2,1H3;2*1H. The Bertz CT molecular complexity index is 891. The highest BCUT2D eigenvalue weighted by Crippen LogP contribution is 2.24. The van der Waals surface area contributed by atoms with Gasteiger partial charge in [-0.1, -0.05) is 6.07 Å². The first kappa shape index (κ1) is 23.5. The third-order valence-corrected chi connectivity index (χ3v) is 6.14. The van der Waals surface area contributed by atoms with E-state index in [9.17, 15) is 4.79 Å². The number of amides is 1. The number of rotatable bonds is 5. The van der Waals surface area contributed by atoms with Gasteiger partial charge in [-0.15, -0.1) is 36.6 Å². The van der Waals surface area contributed by atoms with Gasteiger partial charge in [0.05, 0.1) is 5.69 Å². The lowest BCUT2D eigenvalue weighted by Crippen LogP contribution is -2.43. The van der Waals surface area contributed by atoms with Crippen molar-refractivity contribution in [3.8, 4) is 0 Å². The number of pyridine rings is 1. The number of fused-ring (bicyclic) bond motifs is 1. The van der Waals surface area contributed by atoms with Gasteiger partial charge in [0.1, 0.15) is 5.65 Å². The SMILES string of the molecule is CNC1CCN(C(=O)c2ccc(SCc3cn4ccccc4n3)cc2)CC1.Cl.Cl. The van der Waals surface area contributed by atoms with Crippen LogP contribution in [0.5, 0.6) is 0 Å².